The fourth-order valence-corrected chi connectivity index (χ4v) is 4.80. The second-order valence-corrected chi connectivity index (χ2v) is 9.20. The molecule has 35 heavy (non-hydrogen) atoms. The Morgan fingerprint density at radius 2 is 1.91 bits per heavy atom. The van der Waals surface area contributed by atoms with Crippen molar-refractivity contribution in [3.8, 4) is 11.5 Å². The van der Waals surface area contributed by atoms with Gasteiger partial charge < -0.3 is 24.2 Å². The van der Waals surface area contributed by atoms with E-state index in [-0.39, 0.29) is 23.4 Å². The number of likely N-dealkylation sites (tertiary alicyclic amines) is 1. The van der Waals surface area contributed by atoms with Gasteiger partial charge in [-0.25, -0.2) is 0 Å². The van der Waals surface area contributed by atoms with E-state index in [0.29, 0.717) is 31.1 Å². The minimum absolute atomic E-state index is 0.0806. The Kier molecular flexibility index (Phi) is 7.45. The van der Waals surface area contributed by atoms with Crippen LogP contribution >= 0.6 is 0 Å². The molecule has 0 saturated carbocycles. The van der Waals surface area contributed by atoms with E-state index in [1.807, 2.05) is 39.0 Å². The molecule has 0 bridgehead atoms. The first kappa shape index (κ1) is 24.8. The average Bonchev–Trinajstić information content (AvgIpc) is 3.46. The summed E-state index contributed by atoms with van der Waals surface area (Å²) in [6.07, 6.45) is 1.62. The van der Waals surface area contributed by atoms with Crippen molar-refractivity contribution in [1.29, 1.82) is 0 Å². The minimum atomic E-state index is -0.723. The van der Waals surface area contributed by atoms with Crippen LogP contribution in [0, 0.1) is 0 Å². The first-order chi connectivity index (χ1) is 16.8. The van der Waals surface area contributed by atoms with Gasteiger partial charge in [-0.2, -0.15) is 0 Å². The van der Waals surface area contributed by atoms with Crippen LogP contribution in [0.3, 0.4) is 0 Å². The molecule has 7 heteroatoms. The molecule has 0 spiro atoms. The van der Waals surface area contributed by atoms with Crippen LogP contribution in [-0.4, -0.2) is 54.7 Å². The molecular weight excluding hydrogens is 446 g/mol. The fourth-order valence-electron chi connectivity index (χ4n) is 4.80. The van der Waals surface area contributed by atoms with Crippen molar-refractivity contribution in [2.75, 3.05) is 26.9 Å². The highest BCUT2D eigenvalue weighted by atomic mass is 16.5. The molecule has 7 nitrogen and oxygen atoms in total. The van der Waals surface area contributed by atoms with E-state index in [9.17, 15) is 14.7 Å². The molecule has 2 aromatic carbocycles. The summed E-state index contributed by atoms with van der Waals surface area (Å²) in [5.74, 6) is 0.0363. The lowest BCUT2D eigenvalue weighted by Gasteiger charge is -2.27. The lowest BCUT2D eigenvalue weighted by Crippen LogP contribution is -2.36. The average molecular weight is 480 g/mol. The number of carbonyl (C=O) groups is 2. The third-order valence-corrected chi connectivity index (χ3v) is 6.60. The molecule has 2 heterocycles. The normalized spacial score (nSPS) is 21.7. The number of rotatable bonds is 8. The van der Waals surface area contributed by atoms with Crippen LogP contribution in [-0.2, 0) is 14.3 Å². The number of aliphatic hydroxyl groups is 1. The Bertz CT molecular complexity index is 1110. The van der Waals surface area contributed by atoms with Gasteiger partial charge >= 0.3 is 0 Å². The number of hydrogen-bond acceptors (Lipinski definition) is 6. The van der Waals surface area contributed by atoms with Gasteiger partial charge in [-0.05, 0) is 67.1 Å². The molecule has 186 valence electrons. The Morgan fingerprint density at radius 1 is 1.17 bits per heavy atom. The summed E-state index contributed by atoms with van der Waals surface area (Å²) in [7, 11) is 1.58. The fraction of sp³-hybridized carbons (Fsp3) is 0.429. The molecule has 2 fully saturated rings. The van der Waals surface area contributed by atoms with Crippen molar-refractivity contribution in [3.05, 3.63) is 64.7 Å². The number of carbonyl (C=O) groups excluding carboxylic acids is 2. The third kappa shape index (κ3) is 4.91. The predicted molar refractivity (Wildman–Crippen MR) is 133 cm³/mol. The molecule has 2 saturated heterocycles. The second kappa shape index (κ2) is 10.5. The van der Waals surface area contributed by atoms with Crippen LogP contribution in [0.25, 0.3) is 5.76 Å². The molecule has 1 amide bonds. The number of amides is 1. The molecule has 2 aliphatic heterocycles. The lowest BCUT2D eigenvalue weighted by molar-refractivity contribution is -0.140. The van der Waals surface area contributed by atoms with Crippen molar-refractivity contribution >= 4 is 17.4 Å². The zero-order valence-electron chi connectivity index (χ0n) is 20.7. The van der Waals surface area contributed by atoms with Crippen LogP contribution in [0.15, 0.2) is 48.0 Å². The molecule has 2 atom stereocenters. The smallest absolute Gasteiger partial charge is 0.295 e. The summed E-state index contributed by atoms with van der Waals surface area (Å²) in [4.78, 5) is 28.0. The van der Waals surface area contributed by atoms with Crippen LogP contribution < -0.4 is 9.47 Å². The molecule has 4 rings (SSSR count). The van der Waals surface area contributed by atoms with E-state index in [4.69, 9.17) is 14.2 Å². The van der Waals surface area contributed by atoms with E-state index in [0.717, 1.165) is 29.7 Å². The Balaban J connectivity index is 1.82. The molecule has 0 aromatic heterocycles. The van der Waals surface area contributed by atoms with E-state index in [1.165, 1.54) is 4.90 Å². The first-order valence-corrected chi connectivity index (χ1v) is 12.2. The molecule has 0 radical (unpaired) electrons. The van der Waals surface area contributed by atoms with Gasteiger partial charge in [0.1, 0.15) is 17.3 Å². The van der Waals surface area contributed by atoms with E-state index in [1.54, 1.807) is 31.4 Å². The van der Waals surface area contributed by atoms with Gasteiger partial charge in [0.2, 0.25) is 0 Å². The van der Waals surface area contributed by atoms with Gasteiger partial charge in [0, 0.05) is 18.7 Å². The van der Waals surface area contributed by atoms with E-state index < -0.39 is 17.7 Å². The first-order valence-electron chi connectivity index (χ1n) is 12.2. The summed E-state index contributed by atoms with van der Waals surface area (Å²) >= 11 is 0. The van der Waals surface area contributed by atoms with Crippen LogP contribution in [0.2, 0.25) is 0 Å². The van der Waals surface area contributed by atoms with Gasteiger partial charge in [0.05, 0.1) is 31.4 Å². The summed E-state index contributed by atoms with van der Waals surface area (Å²) in [5, 5.41) is 11.4. The largest absolute Gasteiger partial charge is 0.507 e. The van der Waals surface area contributed by atoms with Gasteiger partial charge in [0.25, 0.3) is 11.7 Å². The van der Waals surface area contributed by atoms with E-state index in [2.05, 4.69) is 0 Å². The van der Waals surface area contributed by atoms with Gasteiger partial charge in [0.15, 0.2) is 0 Å². The van der Waals surface area contributed by atoms with Crippen LogP contribution in [0.5, 0.6) is 11.5 Å². The topological polar surface area (TPSA) is 85.3 Å². The Hall–Kier alpha value is -3.32. The molecule has 2 aliphatic rings. The Labute approximate surface area is 206 Å². The molecule has 2 unspecified atom stereocenters. The number of hydrogen-bond donors (Lipinski definition) is 1. The highest BCUT2D eigenvalue weighted by Crippen LogP contribution is 2.41. The monoisotopic (exact) mass is 479 g/mol. The number of ether oxygens (including phenoxy) is 3. The second-order valence-electron chi connectivity index (χ2n) is 9.20. The highest BCUT2D eigenvalue weighted by molar-refractivity contribution is 6.46. The minimum Gasteiger partial charge on any atom is -0.507 e. The number of ketones is 1. The number of methoxy groups -OCH3 is 1. The summed E-state index contributed by atoms with van der Waals surface area (Å²) in [5.41, 5.74) is 2.20. The SMILES string of the molecule is CCOc1ccc(/C(O)=C2/C(=O)C(=O)N(CC3CCCO3)C2c2ccc(OC)cc2)cc1C(C)C. The van der Waals surface area contributed by atoms with Crippen molar-refractivity contribution in [2.45, 2.75) is 51.7 Å². The maximum absolute atomic E-state index is 13.3. The van der Waals surface area contributed by atoms with Crippen LogP contribution in [0.4, 0.5) is 0 Å². The van der Waals surface area contributed by atoms with Crippen molar-refractivity contribution in [1.82, 2.24) is 4.90 Å². The van der Waals surface area contributed by atoms with Crippen molar-refractivity contribution in [3.63, 3.8) is 0 Å². The van der Waals surface area contributed by atoms with Gasteiger partial charge in [-0.3, -0.25) is 9.59 Å². The van der Waals surface area contributed by atoms with E-state index >= 15 is 0 Å². The zero-order chi connectivity index (χ0) is 25.1. The van der Waals surface area contributed by atoms with Crippen LogP contribution in [0.1, 0.15) is 62.3 Å². The van der Waals surface area contributed by atoms with Gasteiger partial charge in [-0.15, -0.1) is 0 Å². The van der Waals surface area contributed by atoms with Gasteiger partial charge in [-0.1, -0.05) is 26.0 Å². The maximum Gasteiger partial charge on any atom is 0.295 e. The quantitative estimate of drug-likeness (QED) is 0.332. The predicted octanol–water partition coefficient (Wildman–Crippen LogP) is 4.82. The number of benzene rings is 2. The zero-order valence-corrected chi connectivity index (χ0v) is 20.7. The highest BCUT2D eigenvalue weighted by Gasteiger charge is 2.47. The maximum atomic E-state index is 13.3. The number of aliphatic hydroxyl groups excluding tert-OH is 1. The third-order valence-electron chi connectivity index (χ3n) is 6.60. The Morgan fingerprint density at radius 3 is 2.51 bits per heavy atom. The lowest BCUT2D eigenvalue weighted by atomic mass is 9.93. The number of nitrogens with zero attached hydrogens (tertiary/aromatic N) is 1. The molecular formula is C28H33NO6. The molecule has 2 aromatic rings. The summed E-state index contributed by atoms with van der Waals surface area (Å²) in [6, 6.07) is 11.9. The summed E-state index contributed by atoms with van der Waals surface area (Å²) < 4.78 is 16.8. The van der Waals surface area contributed by atoms with Crippen molar-refractivity contribution in [2.24, 2.45) is 0 Å². The number of Topliss-reactive ketones (excluding diaryl/α,β-unsaturated/α-hetero) is 1. The molecule has 0 aliphatic carbocycles. The standard InChI is InChI=1S/C28H33NO6/c1-5-34-23-13-10-19(15-22(23)17(2)3)26(30)24-25(18-8-11-20(33-4)12-9-18)29(28(32)27(24)31)16-21-7-6-14-35-21/h8-13,15,17,21,25,30H,5-7,14,16H2,1-4H3/b26-24-. The summed E-state index contributed by atoms with van der Waals surface area (Å²) in [6.45, 7) is 7.46. The molecule has 1 N–H and O–H groups in total. The van der Waals surface area contributed by atoms with Crippen molar-refractivity contribution < 1.29 is 28.9 Å².